The molecule has 1 radical (unpaired) electrons. The van der Waals surface area contributed by atoms with Crippen molar-refractivity contribution in [2.45, 2.75) is 6.23 Å². The Morgan fingerprint density at radius 2 is 2.56 bits per heavy atom. The molecule has 1 unspecified atom stereocenters. The van der Waals surface area contributed by atoms with E-state index in [1.807, 2.05) is 16.1 Å². The molecule has 0 aromatic carbocycles. The number of hydrogen-bond acceptors (Lipinski definition) is 3. The van der Waals surface area contributed by atoms with Gasteiger partial charge in [0.1, 0.15) is 6.23 Å². The van der Waals surface area contributed by atoms with Crippen LogP contribution >= 0.6 is 24.6 Å². The van der Waals surface area contributed by atoms with Crippen molar-refractivity contribution in [3.05, 3.63) is 0 Å². The SMILES string of the molecule is COC1CSCCN1[S]. The Kier molecular flexibility index (Phi) is 3.18. The molecule has 1 fully saturated rings. The van der Waals surface area contributed by atoms with Gasteiger partial charge >= 0.3 is 0 Å². The summed E-state index contributed by atoms with van der Waals surface area (Å²) in [7, 11) is 1.70. The molecule has 1 saturated heterocycles. The van der Waals surface area contributed by atoms with Crippen LogP contribution in [-0.2, 0) is 4.74 Å². The van der Waals surface area contributed by atoms with Crippen molar-refractivity contribution >= 4 is 24.6 Å². The van der Waals surface area contributed by atoms with Crippen LogP contribution in [0.15, 0.2) is 0 Å². The molecule has 1 atom stereocenters. The van der Waals surface area contributed by atoms with Gasteiger partial charge in [-0.05, 0) is 0 Å². The smallest absolute Gasteiger partial charge is 0.128 e. The van der Waals surface area contributed by atoms with Crippen LogP contribution < -0.4 is 0 Å². The maximum absolute atomic E-state index is 5.10. The molecule has 0 bridgehead atoms. The van der Waals surface area contributed by atoms with E-state index < -0.39 is 0 Å². The van der Waals surface area contributed by atoms with E-state index in [0.29, 0.717) is 0 Å². The minimum Gasteiger partial charge on any atom is -0.365 e. The molecule has 0 saturated carbocycles. The molecule has 2 nitrogen and oxygen atoms in total. The third-order valence-corrected chi connectivity index (χ3v) is 2.72. The monoisotopic (exact) mass is 164 g/mol. The normalized spacial score (nSPS) is 30.7. The topological polar surface area (TPSA) is 12.5 Å². The molecule has 0 aromatic rings. The Labute approximate surface area is 65.5 Å². The first-order valence-electron chi connectivity index (χ1n) is 2.89. The largest absolute Gasteiger partial charge is 0.365 e. The maximum Gasteiger partial charge on any atom is 0.128 e. The van der Waals surface area contributed by atoms with Crippen molar-refractivity contribution in [3.8, 4) is 0 Å². The lowest BCUT2D eigenvalue weighted by Crippen LogP contribution is -2.36. The van der Waals surface area contributed by atoms with Gasteiger partial charge in [0.25, 0.3) is 0 Å². The lowest BCUT2D eigenvalue weighted by Gasteiger charge is -2.28. The molecule has 1 aliphatic heterocycles. The summed E-state index contributed by atoms with van der Waals surface area (Å²) in [5, 5.41) is 0. The molecule has 0 aliphatic carbocycles. The Bertz CT molecular complexity index is 91.0. The fraction of sp³-hybridized carbons (Fsp3) is 1.00. The minimum atomic E-state index is 0.166. The van der Waals surface area contributed by atoms with E-state index >= 15 is 0 Å². The van der Waals surface area contributed by atoms with Gasteiger partial charge in [-0.2, -0.15) is 11.8 Å². The second-order valence-electron chi connectivity index (χ2n) is 1.91. The number of thioether (sulfide) groups is 1. The molecule has 0 aromatic heterocycles. The second-order valence-corrected chi connectivity index (χ2v) is 3.52. The van der Waals surface area contributed by atoms with Gasteiger partial charge in [-0.3, -0.25) is 0 Å². The van der Waals surface area contributed by atoms with Crippen LogP contribution in [0.1, 0.15) is 0 Å². The van der Waals surface area contributed by atoms with E-state index in [0.717, 1.165) is 18.1 Å². The number of rotatable bonds is 1. The zero-order valence-electron chi connectivity index (χ0n) is 5.37. The fourth-order valence-electron chi connectivity index (χ4n) is 0.751. The summed E-state index contributed by atoms with van der Waals surface area (Å²) in [5.74, 6) is 2.16. The van der Waals surface area contributed by atoms with E-state index in [1.54, 1.807) is 7.11 Å². The number of hydrogen-bond donors (Lipinski definition) is 0. The van der Waals surface area contributed by atoms with E-state index in [4.69, 9.17) is 17.6 Å². The molecule has 0 amide bonds. The molecule has 0 N–H and O–H groups in total. The lowest BCUT2D eigenvalue weighted by atomic mass is 10.6. The highest BCUT2D eigenvalue weighted by molar-refractivity contribution is 7.99. The molecular formula is C5H10NOS2. The first-order chi connectivity index (χ1) is 4.34. The first kappa shape index (κ1) is 7.72. The van der Waals surface area contributed by atoms with Crippen molar-refractivity contribution in [1.29, 1.82) is 0 Å². The molecule has 9 heavy (non-hydrogen) atoms. The summed E-state index contributed by atoms with van der Waals surface area (Å²) in [4.78, 5) is 0. The molecule has 4 heteroatoms. The standard InChI is InChI=1S/C5H10NOS2/c1-7-5-4-9-3-2-6(5)8/h5H,2-4H2,1H3. The average Bonchev–Trinajstić information content (AvgIpc) is 1.89. The Balaban J connectivity index is 2.30. The predicted molar refractivity (Wildman–Crippen MR) is 42.4 cm³/mol. The molecule has 1 aliphatic rings. The highest BCUT2D eigenvalue weighted by Crippen LogP contribution is 2.17. The van der Waals surface area contributed by atoms with Gasteiger partial charge in [0, 0.05) is 38.0 Å². The van der Waals surface area contributed by atoms with Crippen LogP contribution in [0.25, 0.3) is 0 Å². The van der Waals surface area contributed by atoms with E-state index in [2.05, 4.69) is 0 Å². The quantitative estimate of drug-likeness (QED) is 0.576. The lowest BCUT2D eigenvalue weighted by molar-refractivity contribution is 0.0412. The van der Waals surface area contributed by atoms with Crippen LogP contribution in [0.5, 0.6) is 0 Å². The molecule has 1 rings (SSSR count). The first-order valence-corrected chi connectivity index (χ1v) is 4.41. The van der Waals surface area contributed by atoms with Crippen LogP contribution in [-0.4, -0.2) is 35.7 Å². The van der Waals surface area contributed by atoms with Crippen molar-refractivity contribution in [2.75, 3.05) is 25.2 Å². The zero-order chi connectivity index (χ0) is 6.69. The Hall–Kier alpha value is 0.620. The minimum absolute atomic E-state index is 0.166. The number of ether oxygens (including phenoxy) is 1. The summed E-state index contributed by atoms with van der Waals surface area (Å²) in [6.45, 7) is 0.971. The Morgan fingerprint density at radius 1 is 1.78 bits per heavy atom. The summed E-state index contributed by atoms with van der Waals surface area (Å²) in [5.41, 5.74) is 0. The van der Waals surface area contributed by atoms with Gasteiger partial charge < -0.3 is 4.74 Å². The molecular weight excluding hydrogens is 154 g/mol. The van der Waals surface area contributed by atoms with Crippen LogP contribution in [0.4, 0.5) is 0 Å². The van der Waals surface area contributed by atoms with Gasteiger partial charge in [0.05, 0.1) is 0 Å². The van der Waals surface area contributed by atoms with Crippen molar-refractivity contribution in [1.82, 2.24) is 4.31 Å². The summed E-state index contributed by atoms with van der Waals surface area (Å²) in [6, 6.07) is 0. The van der Waals surface area contributed by atoms with E-state index in [-0.39, 0.29) is 6.23 Å². The fourth-order valence-corrected chi connectivity index (χ4v) is 2.22. The number of nitrogens with zero attached hydrogens (tertiary/aromatic N) is 1. The summed E-state index contributed by atoms with van der Waals surface area (Å²) < 4.78 is 6.93. The van der Waals surface area contributed by atoms with Gasteiger partial charge in [-0.15, -0.1) is 0 Å². The van der Waals surface area contributed by atoms with Gasteiger partial charge in [0.15, 0.2) is 0 Å². The van der Waals surface area contributed by atoms with Crippen molar-refractivity contribution < 1.29 is 4.74 Å². The molecule has 53 valence electrons. The summed E-state index contributed by atoms with van der Waals surface area (Å²) >= 11 is 6.90. The van der Waals surface area contributed by atoms with Gasteiger partial charge in [-0.25, -0.2) is 4.31 Å². The van der Waals surface area contributed by atoms with E-state index in [1.165, 1.54) is 0 Å². The highest BCUT2D eigenvalue weighted by atomic mass is 32.2. The molecule has 0 spiro atoms. The third kappa shape index (κ3) is 2.04. The van der Waals surface area contributed by atoms with Crippen LogP contribution in [0, 0.1) is 0 Å². The van der Waals surface area contributed by atoms with Crippen LogP contribution in [0.3, 0.4) is 0 Å². The highest BCUT2D eigenvalue weighted by Gasteiger charge is 2.19. The van der Waals surface area contributed by atoms with E-state index in [9.17, 15) is 0 Å². The number of methoxy groups -OCH3 is 1. The van der Waals surface area contributed by atoms with Gasteiger partial charge in [-0.1, -0.05) is 0 Å². The van der Waals surface area contributed by atoms with Crippen LogP contribution in [0.2, 0.25) is 0 Å². The second kappa shape index (κ2) is 3.71. The Morgan fingerprint density at radius 3 is 3.00 bits per heavy atom. The summed E-state index contributed by atoms with van der Waals surface area (Å²) in [6.07, 6.45) is 0.166. The van der Waals surface area contributed by atoms with Gasteiger partial charge in [0.2, 0.25) is 0 Å². The zero-order valence-corrected chi connectivity index (χ0v) is 7.00. The predicted octanol–water partition coefficient (Wildman–Crippen LogP) is 1.12. The average molecular weight is 164 g/mol. The third-order valence-electron chi connectivity index (χ3n) is 1.31. The van der Waals surface area contributed by atoms with Crippen molar-refractivity contribution in [3.63, 3.8) is 0 Å². The molecule has 1 heterocycles. The van der Waals surface area contributed by atoms with Crippen molar-refractivity contribution in [2.24, 2.45) is 0 Å². The maximum atomic E-state index is 5.10.